The first-order valence-corrected chi connectivity index (χ1v) is 17.1. The molecule has 1 aliphatic rings. The smallest absolute Gasteiger partial charge is 0.416 e. The molecule has 4 atom stereocenters. The molecule has 16 heteroatoms. The van der Waals surface area contributed by atoms with E-state index in [4.69, 9.17) is 14.0 Å². The normalized spacial score (nSPS) is 19.5. The van der Waals surface area contributed by atoms with Gasteiger partial charge in [0.05, 0.1) is 36.0 Å². The van der Waals surface area contributed by atoms with Crippen LogP contribution in [0.5, 0.6) is 5.75 Å². The fourth-order valence-corrected chi connectivity index (χ4v) is 5.71. The van der Waals surface area contributed by atoms with Gasteiger partial charge in [0.15, 0.2) is 5.76 Å². The van der Waals surface area contributed by atoms with E-state index < -0.39 is 41.9 Å². The Morgan fingerprint density at radius 2 is 1.75 bits per heavy atom. The van der Waals surface area contributed by atoms with Gasteiger partial charge in [0.25, 0.3) is 5.91 Å². The molecule has 1 aliphatic heterocycles. The summed E-state index contributed by atoms with van der Waals surface area (Å²) in [5.41, 5.74) is 0.804. The Kier molecular flexibility index (Phi) is 13.5. The largest absolute Gasteiger partial charge is 0.490 e. The number of aliphatic hydroxyl groups is 1. The van der Waals surface area contributed by atoms with E-state index in [0.29, 0.717) is 48.0 Å². The first-order valence-electron chi connectivity index (χ1n) is 17.1. The van der Waals surface area contributed by atoms with Gasteiger partial charge in [-0.15, -0.1) is 0 Å². The van der Waals surface area contributed by atoms with E-state index in [1.54, 1.807) is 40.0 Å². The van der Waals surface area contributed by atoms with Crippen LogP contribution in [0.1, 0.15) is 67.4 Å². The lowest BCUT2D eigenvalue weighted by atomic mass is 10.0. The van der Waals surface area contributed by atoms with Crippen LogP contribution in [-0.4, -0.2) is 89.6 Å². The summed E-state index contributed by atoms with van der Waals surface area (Å²) in [5, 5.41) is 22.1. The molecule has 13 nitrogen and oxygen atoms in total. The summed E-state index contributed by atoms with van der Waals surface area (Å²) < 4.78 is 56.6. The second kappa shape index (κ2) is 17.6. The maximum atomic E-state index is 14.4. The fourth-order valence-electron chi connectivity index (χ4n) is 5.71. The average Bonchev–Trinajstić information content (AvgIpc) is 3.41. The van der Waals surface area contributed by atoms with Gasteiger partial charge in [0, 0.05) is 44.0 Å². The molecule has 2 aromatic carbocycles. The minimum Gasteiger partial charge on any atom is -0.490 e. The molecule has 0 unspecified atom stereocenters. The Labute approximate surface area is 300 Å². The first-order chi connectivity index (χ1) is 24.6. The predicted octanol–water partition coefficient (Wildman–Crippen LogP) is 6.91. The van der Waals surface area contributed by atoms with Crippen LogP contribution < -0.4 is 20.7 Å². The predicted molar refractivity (Wildman–Crippen MR) is 189 cm³/mol. The van der Waals surface area contributed by atoms with Crippen molar-refractivity contribution in [1.29, 1.82) is 0 Å². The highest BCUT2D eigenvalue weighted by molar-refractivity contribution is 6.03. The maximum Gasteiger partial charge on any atom is 0.416 e. The highest BCUT2D eigenvalue weighted by Gasteiger charge is 2.32. The van der Waals surface area contributed by atoms with Gasteiger partial charge in [-0.1, -0.05) is 12.1 Å². The lowest BCUT2D eigenvalue weighted by Crippen LogP contribution is -2.48. The summed E-state index contributed by atoms with van der Waals surface area (Å²) in [6.07, 6.45) is -3.21. The molecule has 3 aromatic rings. The molecule has 0 saturated heterocycles. The quantitative estimate of drug-likeness (QED) is 0.204. The van der Waals surface area contributed by atoms with E-state index >= 15 is 0 Å². The molecular formula is C36H47F3N6O7. The molecule has 0 aliphatic carbocycles. The third-order valence-corrected chi connectivity index (χ3v) is 8.85. The van der Waals surface area contributed by atoms with Crippen molar-refractivity contribution < 1.29 is 46.7 Å². The number of likely N-dealkylation sites (N-methyl/N-ethyl adjacent to an activating group) is 1. The van der Waals surface area contributed by atoms with Crippen molar-refractivity contribution in [2.45, 2.75) is 78.3 Å². The molecule has 4 rings (SSSR count). The minimum absolute atomic E-state index is 0.105. The summed E-state index contributed by atoms with van der Waals surface area (Å²) in [7, 11) is 1.55. The Morgan fingerprint density at radius 1 is 1.06 bits per heavy atom. The Morgan fingerprint density at radius 3 is 2.38 bits per heavy atom. The van der Waals surface area contributed by atoms with E-state index in [1.807, 2.05) is 13.8 Å². The van der Waals surface area contributed by atoms with Crippen molar-refractivity contribution in [1.82, 2.24) is 15.0 Å². The number of ether oxygens (including phenoxy) is 2. The van der Waals surface area contributed by atoms with Gasteiger partial charge in [-0.25, -0.2) is 9.59 Å². The van der Waals surface area contributed by atoms with E-state index in [0.717, 1.165) is 18.6 Å². The molecule has 1 aromatic heterocycles. The van der Waals surface area contributed by atoms with Crippen molar-refractivity contribution in [3.8, 4) is 5.75 Å². The third-order valence-electron chi connectivity index (χ3n) is 8.85. The zero-order valence-electron chi connectivity index (χ0n) is 30.2. The number of benzene rings is 2. The maximum absolute atomic E-state index is 14.4. The second-order valence-electron chi connectivity index (χ2n) is 13.2. The highest BCUT2D eigenvalue weighted by Crippen LogP contribution is 2.31. The van der Waals surface area contributed by atoms with Crippen LogP contribution in [0.25, 0.3) is 0 Å². The van der Waals surface area contributed by atoms with Crippen LogP contribution >= 0.6 is 0 Å². The van der Waals surface area contributed by atoms with Crippen LogP contribution in [0, 0.1) is 19.8 Å². The lowest BCUT2D eigenvalue weighted by molar-refractivity contribution is -0.137. The number of rotatable bonds is 7. The lowest BCUT2D eigenvalue weighted by Gasteiger charge is -2.35. The SMILES string of the molecule is Cc1noc(C)c1NC(=O)Nc1ccc2c(c1)C(=O)N([C@H](C)CO)C[C@H](C)[C@H](CN(C)C(=O)Nc1ccc(C(F)(F)F)cc1)OCCCC[C@H](C)O2. The van der Waals surface area contributed by atoms with Crippen molar-refractivity contribution >= 4 is 35.0 Å². The zero-order valence-corrected chi connectivity index (χ0v) is 30.2. The number of fused-ring (bicyclic) bond motifs is 1. The van der Waals surface area contributed by atoms with Crippen LogP contribution in [-0.2, 0) is 10.9 Å². The number of carbonyl (C=O) groups is 3. The van der Waals surface area contributed by atoms with Crippen LogP contribution in [0.4, 0.5) is 39.8 Å². The Balaban J connectivity index is 1.56. The van der Waals surface area contributed by atoms with E-state index in [-0.39, 0.29) is 43.0 Å². The van der Waals surface area contributed by atoms with Crippen molar-refractivity contribution in [3.63, 3.8) is 0 Å². The molecule has 0 spiro atoms. The topological polar surface area (TPSA) is 158 Å². The van der Waals surface area contributed by atoms with Crippen LogP contribution in [0.15, 0.2) is 47.0 Å². The van der Waals surface area contributed by atoms with E-state index in [2.05, 4.69) is 21.1 Å². The molecular weight excluding hydrogens is 685 g/mol. The van der Waals surface area contributed by atoms with Gasteiger partial charge >= 0.3 is 18.2 Å². The number of amides is 5. The van der Waals surface area contributed by atoms with Gasteiger partial charge in [-0.2, -0.15) is 13.2 Å². The standard InChI is InChI=1S/C36H47F3N6O7/c1-21-18-45(22(2)20-46)33(47)29-17-28(40-34(48)42-32-24(4)43-52-25(32)5)14-15-30(29)51-23(3)9-7-8-16-50-31(21)19-44(6)35(49)41-27-12-10-26(11-13-27)36(37,38)39/h10-15,17,21-23,31,46H,7-9,16,18-20H2,1-6H3,(H,41,49)(H2,40,42,48)/t21-,22+,23-,31-/m0/s1. The van der Waals surface area contributed by atoms with Crippen LogP contribution in [0.2, 0.25) is 0 Å². The number of nitrogens with one attached hydrogen (secondary N) is 3. The Hall–Kier alpha value is -4.83. The summed E-state index contributed by atoms with van der Waals surface area (Å²) in [5.74, 6) is -0.0471. The molecule has 284 valence electrons. The molecule has 4 N–H and O–H groups in total. The molecule has 0 saturated carbocycles. The molecule has 0 bridgehead atoms. The highest BCUT2D eigenvalue weighted by atomic mass is 19.4. The Bertz CT molecular complexity index is 1660. The van der Waals surface area contributed by atoms with Crippen molar-refractivity contribution in [2.24, 2.45) is 5.92 Å². The molecule has 0 fully saturated rings. The molecule has 2 heterocycles. The molecule has 0 radical (unpaired) electrons. The van der Waals surface area contributed by atoms with Gasteiger partial charge in [-0.3, -0.25) is 4.79 Å². The van der Waals surface area contributed by atoms with E-state index in [1.165, 1.54) is 28.0 Å². The van der Waals surface area contributed by atoms with Gasteiger partial charge in [-0.05, 0) is 89.4 Å². The zero-order chi connectivity index (χ0) is 38.2. The summed E-state index contributed by atoms with van der Waals surface area (Å²) >= 11 is 0. The molecule has 52 heavy (non-hydrogen) atoms. The number of halogens is 3. The number of carbonyl (C=O) groups excluding carboxylic acids is 3. The monoisotopic (exact) mass is 732 g/mol. The number of alkyl halides is 3. The van der Waals surface area contributed by atoms with Gasteiger partial charge in [0.1, 0.15) is 17.1 Å². The summed E-state index contributed by atoms with van der Waals surface area (Å²) in [6.45, 7) is 9.10. The number of hydrogen-bond donors (Lipinski definition) is 4. The number of hydrogen-bond acceptors (Lipinski definition) is 8. The van der Waals surface area contributed by atoms with Crippen LogP contribution in [0.3, 0.4) is 0 Å². The summed E-state index contributed by atoms with van der Waals surface area (Å²) in [4.78, 5) is 43.3. The van der Waals surface area contributed by atoms with Crippen molar-refractivity contribution in [3.05, 3.63) is 65.0 Å². The van der Waals surface area contributed by atoms with Gasteiger partial charge < -0.3 is 44.9 Å². The number of urea groups is 2. The number of aliphatic hydroxyl groups excluding tert-OH is 1. The fraction of sp³-hybridized carbons (Fsp3) is 0.500. The number of aromatic nitrogens is 1. The average molecular weight is 733 g/mol. The number of aryl methyl sites for hydroxylation is 2. The number of nitrogens with zero attached hydrogens (tertiary/aromatic N) is 3. The summed E-state index contributed by atoms with van der Waals surface area (Å²) in [6, 6.07) is 7.19. The number of anilines is 3. The molecule has 5 amide bonds. The van der Waals surface area contributed by atoms with Crippen molar-refractivity contribution in [2.75, 3.05) is 49.3 Å². The first kappa shape index (κ1) is 39.9. The third kappa shape index (κ3) is 10.6. The van der Waals surface area contributed by atoms with Gasteiger partial charge in [0.2, 0.25) is 0 Å². The van der Waals surface area contributed by atoms with E-state index in [9.17, 15) is 32.7 Å². The minimum atomic E-state index is -4.50. The second-order valence-corrected chi connectivity index (χ2v) is 13.2.